The molecule has 1 aliphatic heterocycles. The van der Waals surface area contributed by atoms with Gasteiger partial charge in [-0.2, -0.15) is 0 Å². The van der Waals surface area contributed by atoms with Gasteiger partial charge in [-0.25, -0.2) is 0 Å². The van der Waals surface area contributed by atoms with E-state index in [0.717, 1.165) is 17.8 Å². The fourth-order valence-corrected chi connectivity index (χ4v) is 3.79. The molecule has 1 aromatic heterocycles. The molecule has 1 atom stereocenters. The maximum absolute atomic E-state index is 12.8. The summed E-state index contributed by atoms with van der Waals surface area (Å²) < 4.78 is 0. The highest BCUT2D eigenvalue weighted by Gasteiger charge is 2.35. The van der Waals surface area contributed by atoms with Crippen LogP contribution in [0.2, 0.25) is 10.0 Å². The van der Waals surface area contributed by atoms with Crippen LogP contribution in [0.4, 0.5) is 5.13 Å². The van der Waals surface area contributed by atoms with E-state index >= 15 is 0 Å². The highest BCUT2D eigenvalue weighted by atomic mass is 35.5. The van der Waals surface area contributed by atoms with E-state index < -0.39 is 6.04 Å². The Bertz CT molecular complexity index is 811. The van der Waals surface area contributed by atoms with Crippen molar-refractivity contribution in [3.05, 3.63) is 38.8 Å². The van der Waals surface area contributed by atoms with E-state index in [0.29, 0.717) is 33.7 Å². The summed E-state index contributed by atoms with van der Waals surface area (Å²) in [6.07, 6.45) is 2.10. The summed E-state index contributed by atoms with van der Waals surface area (Å²) in [5.41, 5.74) is 0.304. The molecule has 0 radical (unpaired) electrons. The first-order chi connectivity index (χ1) is 12.0. The van der Waals surface area contributed by atoms with Gasteiger partial charge in [0.1, 0.15) is 11.0 Å². The van der Waals surface area contributed by atoms with E-state index in [2.05, 4.69) is 15.5 Å². The summed E-state index contributed by atoms with van der Waals surface area (Å²) in [6, 6.07) is 4.17. The quantitative estimate of drug-likeness (QED) is 0.852. The molecule has 2 aromatic rings. The minimum atomic E-state index is -0.559. The van der Waals surface area contributed by atoms with Crippen molar-refractivity contribution < 1.29 is 9.59 Å². The number of aryl methyl sites for hydroxylation is 1. The lowest BCUT2D eigenvalue weighted by Gasteiger charge is -2.24. The smallest absolute Gasteiger partial charge is 0.256 e. The highest BCUT2D eigenvalue weighted by Crippen LogP contribution is 2.27. The zero-order chi connectivity index (χ0) is 18.0. The number of hydrogen-bond donors (Lipinski definition) is 1. The number of nitrogens with zero attached hydrogens (tertiary/aromatic N) is 3. The van der Waals surface area contributed by atoms with Gasteiger partial charge in [-0.1, -0.05) is 41.5 Å². The summed E-state index contributed by atoms with van der Waals surface area (Å²) in [6.45, 7) is 2.47. The van der Waals surface area contributed by atoms with Gasteiger partial charge in [0, 0.05) is 11.6 Å². The number of anilines is 1. The number of halogens is 2. The first kappa shape index (κ1) is 18.1. The molecule has 1 N–H and O–H groups in total. The molecule has 2 amide bonds. The Morgan fingerprint density at radius 3 is 2.88 bits per heavy atom. The van der Waals surface area contributed by atoms with Gasteiger partial charge in [-0.05, 0) is 37.5 Å². The van der Waals surface area contributed by atoms with Crippen molar-refractivity contribution in [1.29, 1.82) is 0 Å². The molecule has 3 rings (SSSR count). The van der Waals surface area contributed by atoms with Gasteiger partial charge in [-0.3, -0.25) is 14.9 Å². The second-order valence-corrected chi connectivity index (χ2v) is 7.53. The predicted octanol–water partition coefficient (Wildman–Crippen LogP) is 3.65. The molecule has 1 saturated heterocycles. The van der Waals surface area contributed by atoms with Crippen LogP contribution < -0.4 is 5.32 Å². The van der Waals surface area contributed by atoms with Gasteiger partial charge in [0.25, 0.3) is 5.91 Å². The van der Waals surface area contributed by atoms with Crippen LogP contribution in [0, 0.1) is 0 Å². The van der Waals surface area contributed by atoms with Gasteiger partial charge < -0.3 is 4.90 Å². The molecule has 132 valence electrons. The minimum absolute atomic E-state index is 0.261. The van der Waals surface area contributed by atoms with E-state index in [9.17, 15) is 9.59 Å². The number of amides is 2. The van der Waals surface area contributed by atoms with Crippen molar-refractivity contribution in [2.75, 3.05) is 11.9 Å². The molecule has 9 heteroatoms. The third-order valence-electron chi connectivity index (χ3n) is 3.97. The lowest BCUT2D eigenvalue weighted by molar-refractivity contribution is -0.119. The average molecular weight is 399 g/mol. The van der Waals surface area contributed by atoms with Gasteiger partial charge in [0.2, 0.25) is 11.0 Å². The molecule has 1 fully saturated rings. The van der Waals surface area contributed by atoms with Crippen molar-refractivity contribution in [3.8, 4) is 0 Å². The van der Waals surface area contributed by atoms with Gasteiger partial charge in [0.05, 0.1) is 10.6 Å². The first-order valence-electron chi connectivity index (χ1n) is 7.89. The minimum Gasteiger partial charge on any atom is -0.327 e. The van der Waals surface area contributed by atoms with Crippen molar-refractivity contribution in [3.63, 3.8) is 0 Å². The summed E-state index contributed by atoms with van der Waals surface area (Å²) >= 11 is 13.4. The molecule has 2 heterocycles. The Balaban J connectivity index is 1.76. The van der Waals surface area contributed by atoms with Crippen LogP contribution in [0.3, 0.4) is 0 Å². The molecule has 1 unspecified atom stereocenters. The molecule has 0 bridgehead atoms. The maximum Gasteiger partial charge on any atom is 0.256 e. The molecule has 1 aromatic carbocycles. The fourth-order valence-electron chi connectivity index (χ4n) is 2.73. The number of rotatable bonds is 4. The largest absolute Gasteiger partial charge is 0.327 e. The Morgan fingerprint density at radius 2 is 2.16 bits per heavy atom. The molecular weight excluding hydrogens is 383 g/mol. The molecule has 0 saturated carbocycles. The third kappa shape index (κ3) is 3.94. The standard InChI is InChI=1S/C16H16Cl2N4O2S/c1-2-13-20-21-16(25-13)19-14(23)12-4-3-7-22(12)15(24)10-8-9(17)5-6-11(10)18/h5-6,8,12H,2-4,7H2,1H3,(H,19,21,23). The molecule has 25 heavy (non-hydrogen) atoms. The predicted molar refractivity (Wildman–Crippen MR) is 98.4 cm³/mol. The van der Waals surface area contributed by atoms with E-state index in [4.69, 9.17) is 23.2 Å². The van der Waals surface area contributed by atoms with Crippen LogP contribution in [0.25, 0.3) is 0 Å². The number of aromatic nitrogens is 2. The van der Waals surface area contributed by atoms with E-state index in [1.807, 2.05) is 6.92 Å². The second kappa shape index (κ2) is 7.68. The topological polar surface area (TPSA) is 75.2 Å². The Labute approximate surface area is 159 Å². The first-order valence-corrected chi connectivity index (χ1v) is 9.46. The van der Waals surface area contributed by atoms with Crippen molar-refractivity contribution in [2.24, 2.45) is 0 Å². The third-order valence-corrected chi connectivity index (χ3v) is 5.52. The second-order valence-electron chi connectivity index (χ2n) is 5.62. The zero-order valence-corrected chi connectivity index (χ0v) is 15.8. The van der Waals surface area contributed by atoms with E-state index in [1.54, 1.807) is 12.1 Å². The fraction of sp³-hybridized carbons (Fsp3) is 0.375. The maximum atomic E-state index is 12.8. The summed E-state index contributed by atoms with van der Waals surface area (Å²) in [5, 5.41) is 12.7. The molecule has 6 nitrogen and oxygen atoms in total. The van der Waals surface area contributed by atoms with Gasteiger partial charge in [0.15, 0.2) is 0 Å². The molecule has 1 aliphatic rings. The Kier molecular flexibility index (Phi) is 5.56. The van der Waals surface area contributed by atoms with Crippen LogP contribution in [0.5, 0.6) is 0 Å². The number of hydrogen-bond acceptors (Lipinski definition) is 5. The monoisotopic (exact) mass is 398 g/mol. The lowest BCUT2D eigenvalue weighted by atomic mass is 10.1. The highest BCUT2D eigenvalue weighted by molar-refractivity contribution is 7.15. The van der Waals surface area contributed by atoms with E-state index in [1.165, 1.54) is 22.3 Å². The van der Waals surface area contributed by atoms with Crippen molar-refractivity contribution in [2.45, 2.75) is 32.2 Å². The van der Waals surface area contributed by atoms with Crippen molar-refractivity contribution in [1.82, 2.24) is 15.1 Å². The Hall–Kier alpha value is -1.70. The number of benzene rings is 1. The van der Waals surface area contributed by atoms with Gasteiger partial charge >= 0.3 is 0 Å². The normalized spacial score (nSPS) is 16.9. The number of carbonyl (C=O) groups excluding carboxylic acids is 2. The van der Waals surface area contributed by atoms with Crippen LogP contribution in [0.1, 0.15) is 35.1 Å². The summed E-state index contributed by atoms with van der Waals surface area (Å²) in [5.74, 6) is -0.556. The summed E-state index contributed by atoms with van der Waals surface area (Å²) in [4.78, 5) is 26.9. The number of carbonyl (C=O) groups is 2. The number of nitrogens with one attached hydrogen (secondary N) is 1. The number of likely N-dealkylation sites (tertiary alicyclic amines) is 1. The van der Waals surface area contributed by atoms with Crippen LogP contribution in [0.15, 0.2) is 18.2 Å². The van der Waals surface area contributed by atoms with E-state index in [-0.39, 0.29) is 11.8 Å². The van der Waals surface area contributed by atoms with Crippen molar-refractivity contribution >= 4 is 51.5 Å². The molecule has 0 spiro atoms. The molecule has 0 aliphatic carbocycles. The van der Waals surface area contributed by atoms with Crippen LogP contribution >= 0.6 is 34.5 Å². The molecular formula is C16H16Cl2N4O2S. The SMILES string of the molecule is CCc1nnc(NC(=O)C2CCCN2C(=O)c2cc(Cl)ccc2Cl)s1. The van der Waals surface area contributed by atoms with Crippen LogP contribution in [-0.2, 0) is 11.2 Å². The van der Waals surface area contributed by atoms with Crippen LogP contribution in [-0.4, -0.2) is 39.5 Å². The van der Waals surface area contributed by atoms with Gasteiger partial charge in [-0.15, -0.1) is 10.2 Å². The zero-order valence-electron chi connectivity index (χ0n) is 13.5. The average Bonchev–Trinajstić information content (AvgIpc) is 3.25. The Morgan fingerprint density at radius 1 is 1.36 bits per heavy atom. The summed E-state index contributed by atoms with van der Waals surface area (Å²) in [7, 11) is 0. The lowest BCUT2D eigenvalue weighted by Crippen LogP contribution is -2.43.